The van der Waals surface area contributed by atoms with Gasteiger partial charge in [0.2, 0.25) is 5.91 Å². The van der Waals surface area contributed by atoms with E-state index in [0.717, 1.165) is 13.1 Å². The Morgan fingerprint density at radius 3 is 2.73 bits per heavy atom. The molecule has 0 radical (unpaired) electrons. The van der Waals surface area contributed by atoms with Crippen LogP contribution in [0.1, 0.15) is 12.8 Å². The average Bonchev–Trinajstić information content (AvgIpc) is 3.02. The maximum atomic E-state index is 14.0. The summed E-state index contributed by atoms with van der Waals surface area (Å²) in [6, 6.07) is 6.85. The fourth-order valence-electron chi connectivity index (χ4n) is 4.41. The number of halogens is 1. The number of likely N-dealkylation sites (N-methyl/N-ethyl adjacent to an activating group) is 1. The number of hydrogen-bond acceptors (Lipinski definition) is 5. The van der Waals surface area contributed by atoms with E-state index in [9.17, 15) is 14.3 Å². The molecule has 0 bridgehead atoms. The number of aliphatic hydroxyl groups is 1. The van der Waals surface area contributed by atoms with Crippen LogP contribution < -0.4 is 4.90 Å². The van der Waals surface area contributed by atoms with E-state index < -0.39 is 5.60 Å². The summed E-state index contributed by atoms with van der Waals surface area (Å²) in [7, 11) is 1.83. The van der Waals surface area contributed by atoms with Gasteiger partial charge in [-0.15, -0.1) is 0 Å². The summed E-state index contributed by atoms with van der Waals surface area (Å²) in [4.78, 5) is 17.8. The fraction of sp³-hybridized carbons (Fsp3) is 0.632. The average molecular weight is 363 g/mol. The molecule has 2 atom stereocenters. The molecule has 3 fully saturated rings. The lowest BCUT2D eigenvalue weighted by Crippen LogP contribution is -2.52. The van der Waals surface area contributed by atoms with Crippen molar-refractivity contribution in [1.29, 1.82) is 0 Å². The highest BCUT2D eigenvalue weighted by Gasteiger charge is 2.44. The Hall–Kier alpha value is -1.70. The number of nitrogens with zero attached hydrogens (tertiary/aromatic N) is 3. The van der Waals surface area contributed by atoms with Crippen molar-refractivity contribution in [2.75, 3.05) is 51.3 Å². The summed E-state index contributed by atoms with van der Waals surface area (Å²) >= 11 is 0. The molecule has 3 saturated heterocycles. The smallest absolute Gasteiger partial charge is 0.248 e. The number of fused-ring (bicyclic) bond motifs is 1. The number of carbonyl (C=O) groups is 1. The minimum Gasteiger partial charge on any atom is -0.388 e. The Labute approximate surface area is 153 Å². The Morgan fingerprint density at radius 2 is 2.00 bits per heavy atom. The van der Waals surface area contributed by atoms with E-state index in [1.165, 1.54) is 6.07 Å². The van der Waals surface area contributed by atoms with Crippen LogP contribution in [-0.2, 0) is 9.53 Å². The Balaban J connectivity index is 1.35. The van der Waals surface area contributed by atoms with Crippen molar-refractivity contribution in [3.05, 3.63) is 30.1 Å². The van der Waals surface area contributed by atoms with E-state index in [1.54, 1.807) is 17.0 Å². The molecule has 1 aromatic carbocycles. The second-order valence-electron chi connectivity index (χ2n) is 7.78. The normalized spacial score (nSPS) is 29.1. The minimum atomic E-state index is -0.780. The van der Waals surface area contributed by atoms with Gasteiger partial charge in [-0.2, -0.15) is 0 Å². The lowest BCUT2D eigenvalue weighted by Gasteiger charge is -2.41. The lowest BCUT2D eigenvalue weighted by atomic mass is 9.90. The van der Waals surface area contributed by atoms with Crippen LogP contribution in [0, 0.1) is 5.82 Å². The van der Waals surface area contributed by atoms with Gasteiger partial charge in [0.1, 0.15) is 12.4 Å². The van der Waals surface area contributed by atoms with Gasteiger partial charge in [0.15, 0.2) is 0 Å². The highest BCUT2D eigenvalue weighted by atomic mass is 19.1. The van der Waals surface area contributed by atoms with Gasteiger partial charge < -0.3 is 19.6 Å². The molecule has 26 heavy (non-hydrogen) atoms. The molecule has 0 spiro atoms. The predicted octanol–water partition coefficient (Wildman–Crippen LogP) is 0.698. The van der Waals surface area contributed by atoms with Crippen LogP contribution in [0.15, 0.2) is 24.3 Å². The summed E-state index contributed by atoms with van der Waals surface area (Å²) in [6.07, 6.45) is 1.23. The van der Waals surface area contributed by atoms with Crippen LogP contribution in [0.2, 0.25) is 0 Å². The van der Waals surface area contributed by atoms with Crippen LogP contribution in [0.25, 0.3) is 0 Å². The topological polar surface area (TPSA) is 56.3 Å². The lowest BCUT2D eigenvalue weighted by molar-refractivity contribution is -0.150. The maximum Gasteiger partial charge on any atom is 0.248 e. The monoisotopic (exact) mass is 363 g/mol. The number of piperidine rings is 1. The molecule has 1 aromatic rings. The van der Waals surface area contributed by atoms with Crippen LogP contribution in [0.4, 0.5) is 10.1 Å². The van der Waals surface area contributed by atoms with E-state index in [-0.39, 0.29) is 30.5 Å². The summed E-state index contributed by atoms with van der Waals surface area (Å²) in [6.45, 7) is 3.44. The molecule has 3 aliphatic rings. The van der Waals surface area contributed by atoms with Crippen molar-refractivity contribution in [1.82, 2.24) is 9.80 Å². The SMILES string of the molecule is CN1C(=O)CO[C@H]2CN(CC3(O)CCN(c4ccccc4F)CC3)C[C@@H]21. The number of morpholine rings is 1. The highest BCUT2D eigenvalue weighted by Crippen LogP contribution is 2.30. The van der Waals surface area contributed by atoms with E-state index in [0.29, 0.717) is 38.2 Å². The number of para-hydroxylation sites is 1. The van der Waals surface area contributed by atoms with E-state index in [4.69, 9.17) is 4.74 Å². The van der Waals surface area contributed by atoms with Gasteiger partial charge in [-0.25, -0.2) is 4.39 Å². The van der Waals surface area contributed by atoms with Crippen LogP contribution >= 0.6 is 0 Å². The second-order valence-corrected chi connectivity index (χ2v) is 7.78. The first-order valence-corrected chi connectivity index (χ1v) is 9.27. The number of β-amino-alcohol motifs (C(OH)–C–C–N with tert-alkyl or cyclic N) is 1. The van der Waals surface area contributed by atoms with Crippen molar-refractivity contribution in [3.8, 4) is 0 Å². The number of amides is 1. The minimum absolute atomic E-state index is 0.0185. The molecular weight excluding hydrogens is 337 g/mol. The van der Waals surface area contributed by atoms with Crippen LogP contribution in [-0.4, -0.2) is 84.9 Å². The second kappa shape index (κ2) is 6.79. The molecule has 1 amide bonds. The standard InChI is InChI=1S/C19H26FN3O3/c1-21-16-10-22(11-17(16)26-12-18(21)24)13-19(25)6-8-23(9-7-19)15-5-3-2-4-14(15)20/h2-5,16-17,25H,6-13H2,1H3/t16-,17-/m0/s1. The van der Waals surface area contributed by atoms with E-state index in [1.807, 2.05) is 18.0 Å². The number of benzene rings is 1. The van der Waals surface area contributed by atoms with Gasteiger partial charge >= 0.3 is 0 Å². The molecule has 6 nitrogen and oxygen atoms in total. The van der Waals surface area contributed by atoms with Gasteiger partial charge in [0.25, 0.3) is 0 Å². The third-order valence-electron chi connectivity index (χ3n) is 6.03. The van der Waals surface area contributed by atoms with Crippen LogP contribution in [0.3, 0.4) is 0 Å². The first-order chi connectivity index (χ1) is 12.5. The predicted molar refractivity (Wildman–Crippen MR) is 95.5 cm³/mol. The first-order valence-electron chi connectivity index (χ1n) is 9.27. The molecule has 0 aliphatic carbocycles. The Bertz CT molecular complexity index is 678. The number of rotatable bonds is 3. The summed E-state index contributed by atoms with van der Waals surface area (Å²) in [5.41, 5.74) is -0.173. The Kier molecular flexibility index (Phi) is 4.62. The molecule has 4 rings (SSSR count). The molecule has 142 valence electrons. The molecule has 0 saturated carbocycles. The van der Waals surface area contributed by atoms with Crippen molar-refractivity contribution < 1.29 is 19.0 Å². The third-order valence-corrected chi connectivity index (χ3v) is 6.03. The molecule has 7 heteroatoms. The van der Waals surface area contributed by atoms with Crippen molar-refractivity contribution in [2.24, 2.45) is 0 Å². The molecule has 1 N–H and O–H groups in total. The number of carbonyl (C=O) groups excluding carboxylic acids is 1. The zero-order valence-corrected chi connectivity index (χ0v) is 15.1. The van der Waals surface area contributed by atoms with E-state index in [2.05, 4.69) is 4.90 Å². The van der Waals surface area contributed by atoms with Crippen LogP contribution in [0.5, 0.6) is 0 Å². The molecular formula is C19H26FN3O3. The third kappa shape index (κ3) is 3.31. The number of ether oxygens (including phenoxy) is 1. The maximum absolute atomic E-state index is 14.0. The highest BCUT2D eigenvalue weighted by molar-refractivity contribution is 5.78. The summed E-state index contributed by atoms with van der Waals surface area (Å²) in [5, 5.41) is 11.0. The fourth-order valence-corrected chi connectivity index (χ4v) is 4.41. The van der Waals surface area contributed by atoms with Gasteiger partial charge in [0, 0.05) is 39.8 Å². The number of anilines is 1. The number of hydrogen-bond donors (Lipinski definition) is 1. The van der Waals surface area contributed by atoms with Gasteiger partial charge in [-0.1, -0.05) is 12.1 Å². The van der Waals surface area contributed by atoms with Crippen molar-refractivity contribution >= 4 is 11.6 Å². The Morgan fingerprint density at radius 1 is 1.27 bits per heavy atom. The van der Waals surface area contributed by atoms with Gasteiger partial charge in [-0.05, 0) is 25.0 Å². The first kappa shape index (κ1) is 17.7. The largest absolute Gasteiger partial charge is 0.388 e. The summed E-state index contributed by atoms with van der Waals surface area (Å²) in [5.74, 6) is -0.198. The number of likely N-dealkylation sites (tertiary alicyclic amines) is 1. The van der Waals surface area contributed by atoms with Crippen molar-refractivity contribution in [3.63, 3.8) is 0 Å². The van der Waals surface area contributed by atoms with Gasteiger partial charge in [-0.3, -0.25) is 9.69 Å². The molecule has 0 unspecified atom stereocenters. The molecule has 3 heterocycles. The zero-order chi connectivity index (χ0) is 18.3. The summed E-state index contributed by atoms with van der Waals surface area (Å²) < 4.78 is 19.6. The van der Waals surface area contributed by atoms with Gasteiger partial charge in [0.05, 0.1) is 23.4 Å². The van der Waals surface area contributed by atoms with Crippen molar-refractivity contribution in [2.45, 2.75) is 30.6 Å². The molecule has 0 aromatic heterocycles. The zero-order valence-electron chi connectivity index (χ0n) is 15.1. The quantitative estimate of drug-likeness (QED) is 0.857. The van der Waals surface area contributed by atoms with E-state index >= 15 is 0 Å². The molecule has 3 aliphatic heterocycles.